The van der Waals surface area contributed by atoms with E-state index in [1.807, 2.05) is 30.3 Å². The Morgan fingerprint density at radius 1 is 1.21 bits per heavy atom. The fourth-order valence-electron chi connectivity index (χ4n) is 2.22. The lowest BCUT2D eigenvalue weighted by Gasteiger charge is -2.21. The summed E-state index contributed by atoms with van der Waals surface area (Å²) in [6, 6.07) is 14.1. The summed E-state index contributed by atoms with van der Waals surface area (Å²) in [5.74, 6) is -0.745. The summed E-state index contributed by atoms with van der Waals surface area (Å²) in [5, 5.41) is 27.9. The molecule has 0 spiro atoms. The molecule has 126 valence electrons. The van der Waals surface area contributed by atoms with Gasteiger partial charge < -0.3 is 25.6 Å². The Labute approximate surface area is 140 Å². The molecular formula is C17H20BNO5. The number of benzene rings is 2. The Bertz CT molecular complexity index is 703. The number of rotatable bonds is 7. The average molecular weight is 329 g/mol. The summed E-state index contributed by atoms with van der Waals surface area (Å²) in [7, 11) is -1.64. The molecule has 0 bridgehead atoms. The van der Waals surface area contributed by atoms with Gasteiger partial charge >= 0.3 is 13.1 Å². The van der Waals surface area contributed by atoms with Crippen LogP contribution in [0.3, 0.4) is 0 Å². The summed E-state index contributed by atoms with van der Waals surface area (Å²) in [6.07, 6.45) is 0.0499. The van der Waals surface area contributed by atoms with Gasteiger partial charge in [0, 0.05) is 6.42 Å². The number of aliphatic carboxylic acids is 1. The van der Waals surface area contributed by atoms with Crippen LogP contribution in [0.15, 0.2) is 48.5 Å². The van der Waals surface area contributed by atoms with Gasteiger partial charge in [-0.25, -0.2) is 0 Å². The van der Waals surface area contributed by atoms with Gasteiger partial charge in [-0.3, -0.25) is 4.79 Å². The van der Waals surface area contributed by atoms with E-state index in [0.29, 0.717) is 11.3 Å². The first kappa shape index (κ1) is 18.0. The summed E-state index contributed by atoms with van der Waals surface area (Å²) in [4.78, 5) is 11.2. The molecule has 0 heterocycles. The second kappa shape index (κ2) is 7.48. The van der Waals surface area contributed by atoms with Gasteiger partial charge in [0.25, 0.3) is 0 Å². The van der Waals surface area contributed by atoms with Gasteiger partial charge in [-0.15, -0.1) is 0 Å². The Hall–Kier alpha value is -2.35. The molecule has 0 saturated heterocycles. The van der Waals surface area contributed by atoms with E-state index in [0.717, 1.165) is 5.56 Å². The lowest BCUT2D eigenvalue weighted by Crippen LogP contribution is -2.47. The standard InChI is InChI=1S/C17H20BNO5/c1-17(19,16(20)21)10-13-7-8-14(18(22)23)9-15(13)24-11-12-5-3-2-4-6-12/h2-9,22-23H,10-11,19H2,1H3,(H,20,21)/t17-/m1/s1. The van der Waals surface area contributed by atoms with Gasteiger partial charge in [0.2, 0.25) is 0 Å². The average Bonchev–Trinajstić information content (AvgIpc) is 2.54. The van der Waals surface area contributed by atoms with Crippen LogP contribution in [0.1, 0.15) is 18.1 Å². The van der Waals surface area contributed by atoms with Crippen LogP contribution in [0, 0.1) is 0 Å². The Kier molecular flexibility index (Phi) is 5.61. The fourth-order valence-corrected chi connectivity index (χ4v) is 2.22. The van der Waals surface area contributed by atoms with Crippen molar-refractivity contribution >= 4 is 18.6 Å². The van der Waals surface area contributed by atoms with Crippen molar-refractivity contribution in [2.24, 2.45) is 5.73 Å². The van der Waals surface area contributed by atoms with E-state index in [-0.39, 0.29) is 18.5 Å². The SMILES string of the molecule is C[C@@](N)(Cc1ccc(B(O)O)cc1OCc1ccccc1)C(=O)O. The Balaban J connectivity index is 2.27. The largest absolute Gasteiger partial charge is 0.489 e. The van der Waals surface area contributed by atoms with Gasteiger partial charge in [-0.05, 0) is 29.6 Å². The van der Waals surface area contributed by atoms with E-state index in [1.165, 1.54) is 19.1 Å². The van der Waals surface area contributed by atoms with Crippen molar-refractivity contribution in [2.75, 3.05) is 0 Å². The van der Waals surface area contributed by atoms with Crippen molar-refractivity contribution in [2.45, 2.75) is 25.5 Å². The summed E-state index contributed by atoms with van der Waals surface area (Å²) in [5.41, 5.74) is 6.14. The molecule has 24 heavy (non-hydrogen) atoms. The number of carbonyl (C=O) groups is 1. The van der Waals surface area contributed by atoms with Crippen LogP contribution in [-0.2, 0) is 17.8 Å². The van der Waals surface area contributed by atoms with E-state index in [9.17, 15) is 19.9 Å². The maximum absolute atomic E-state index is 11.2. The molecule has 6 nitrogen and oxygen atoms in total. The molecule has 0 radical (unpaired) electrons. The van der Waals surface area contributed by atoms with Gasteiger partial charge in [-0.2, -0.15) is 0 Å². The first-order valence-electron chi connectivity index (χ1n) is 7.47. The van der Waals surface area contributed by atoms with E-state index in [4.69, 9.17) is 10.5 Å². The third-order valence-electron chi connectivity index (χ3n) is 3.67. The lowest BCUT2D eigenvalue weighted by atomic mass is 9.79. The molecule has 2 aromatic carbocycles. The van der Waals surface area contributed by atoms with Crippen LogP contribution >= 0.6 is 0 Å². The summed E-state index contributed by atoms with van der Waals surface area (Å²) < 4.78 is 5.77. The molecule has 2 aromatic rings. The van der Waals surface area contributed by atoms with Crippen LogP contribution in [0.5, 0.6) is 5.75 Å². The van der Waals surface area contributed by atoms with Gasteiger partial charge in [0.1, 0.15) is 17.9 Å². The minimum absolute atomic E-state index is 0.0499. The minimum atomic E-state index is -1.64. The minimum Gasteiger partial charge on any atom is -0.489 e. The number of nitrogens with two attached hydrogens (primary N) is 1. The van der Waals surface area contributed by atoms with E-state index >= 15 is 0 Å². The second-order valence-corrected chi connectivity index (χ2v) is 5.91. The maximum atomic E-state index is 11.2. The molecule has 7 heteroatoms. The molecule has 0 aliphatic rings. The van der Waals surface area contributed by atoms with Crippen LogP contribution in [0.25, 0.3) is 0 Å². The van der Waals surface area contributed by atoms with E-state index in [1.54, 1.807) is 6.07 Å². The number of carboxylic acid groups (broad SMARTS) is 1. The third kappa shape index (κ3) is 4.58. The molecular weight excluding hydrogens is 309 g/mol. The van der Waals surface area contributed by atoms with Crippen molar-refractivity contribution in [1.82, 2.24) is 0 Å². The first-order valence-corrected chi connectivity index (χ1v) is 7.47. The predicted octanol–water partition coefficient (Wildman–Crippen LogP) is 0.290. The van der Waals surface area contributed by atoms with Crippen LogP contribution in [-0.4, -0.2) is 33.8 Å². The lowest BCUT2D eigenvalue weighted by molar-refractivity contribution is -0.142. The van der Waals surface area contributed by atoms with Crippen LogP contribution in [0.2, 0.25) is 0 Å². The summed E-state index contributed by atoms with van der Waals surface area (Å²) in [6.45, 7) is 1.69. The molecule has 0 amide bonds. The first-order chi connectivity index (χ1) is 11.3. The normalized spacial score (nSPS) is 13.2. The van der Waals surface area contributed by atoms with Crippen molar-refractivity contribution in [3.05, 3.63) is 59.7 Å². The highest BCUT2D eigenvalue weighted by atomic mass is 16.5. The van der Waals surface area contributed by atoms with Gasteiger partial charge in [-0.1, -0.05) is 42.5 Å². The van der Waals surface area contributed by atoms with E-state index in [2.05, 4.69) is 0 Å². The van der Waals surface area contributed by atoms with Crippen molar-refractivity contribution in [3.8, 4) is 5.75 Å². The Morgan fingerprint density at radius 2 is 1.88 bits per heavy atom. The zero-order valence-electron chi connectivity index (χ0n) is 13.3. The zero-order chi connectivity index (χ0) is 17.7. The topological polar surface area (TPSA) is 113 Å². The smallest absolute Gasteiger partial charge is 0.488 e. The second-order valence-electron chi connectivity index (χ2n) is 5.91. The Morgan fingerprint density at radius 3 is 2.46 bits per heavy atom. The third-order valence-corrected chi connectivity index (χ3v) is 3.67. The van der Waals surface area contributed by atoms with Crippen molar-refractivity contribution < 1.29 is 24.7 Å². The van der Waals surface area contributed by atoms with Gasteiger partial charge in [0.15, 0.2) is 0 Å². The van der Waals surface area contributed by atoms with E-state index < -0.39 is 18.6 Å². The van der Waals surface area contributed by atoms with Crippen LogP contribution < -0.4 is 15.9 Å². The number of hydrogen-bond acceptors (Lipinski definition) is 5. The molecule has 5 N–H and O–H groups in total. The van der Waals surface area contributed by atoms with Crippen molar-refractivity contribution in [1.29, 1.82) is 0 Å². The van der Waals surface area contributed by atoms with Crippen molar-refractivity contribution in [3.63, 3.8) is 0 Å². The highest BCUT2D eigenvalue weighted by molar-refractivity contribution is 6.58. The number of ether oxygens (including phenoxy) is 1. The predicted molar refractivity (Wildman–Crippen MR) is 91.0 cm³/mol. The monoisotopic (exact) mass is 329 g/mol. The molecule has 2 rings (SSSR count). The molecule has 0 aliphatic heterocycles. The number of hydrogen-bond donors (Lipinski definition) is 4. The van der Waals surface area contributed by atoms with Gasteiger partial charge in [0.05, 0.1) is 0 Å². The number of carboxylic acids is 1. The fraction of sp³-hybridized carbons (Fsp3) is 0.235. The molecule has 0 saturated carbocycles. The quantitative estimate of drug-likeness (QED) is 0.543. The molecule has 1 atom stereocenters. The molecule has 0 fully saturated rings. The van der Waals surface area contributed by atoms with Crippen LogP contribution in [0.4, 0.5) is 0 Å². The summed E-state index contributed by atoms with van der Waals surface area (Å²) >= 11 is 0. The maximum Gasteiger partial charge on any atom is 0.488 e. The molecule has 0 unspecified atom stereocenters. The highest BCUT2D eigenvalue weighted by Crippen LogP contribution is 2.23. The zero-order valence-corrected chi connectivity index (χ0v) is 13.3. The highest BCUT2D eigenvalue weighted by Gasteiger charge is 2.29. The molecule has 0 aromatic heterocycles. The molecule has 0 aliphatic carbocycles.